The molecule has 1 aromatic carbocycles. The van der Waals surface area contributed by atoms with Crippen molar-refractivity contribution in [3.8, 4) is 0 Å². The second-order valence-corrected chi connectivity index (χ2v) is 11.2. The van der Waals surface area contributed by atoms with E-state index in [1.807, 2.05) is 0 Å². The van der Waals surface area contributed by atoms with Crippen molar-refractivity contribution in [1.82, 2.24) is 0 Å². The molecule has 1 rings (SSSR count). The van der Waals surface area contributed by atoms with Crippen LogP contribution in [0.25, 0.3) is 0 Å². The first-order valence-corrected chi connectivity index (χ1v) is 15.7. The molecule has 34 heavy (non-hydrogen) atoms. The van der Waals surface area contributed by atoms with Gasteiger partial charge in [0.05, 0.1) is 19.6 Å². The predicted octanol–water partition coefficient (Wildman–Crippen LogP) is 10.9. The molecule has 0 heterocycles. The van der Waals surface area contributed by atoms with Gasteiger partial charge in [-0.05, 0) is 25.7 Å². The van der Waals surface area contributed by atoms with Gasteiger partial charge >= 0.3 is 0 Å². The van der Waals surface area contributed by atoms with Crippen LogP contribution in [-0.2, 0) is 6.54 Å². The van der Waals surface area contributed by atoms with Crippen LogP contribution in [0, 0.1) is 0 Å². The number of unbranched alkanes of at least 4 members (excludes halogenated alkanes) is 17. The summed E-state index contributed by atoms with van der Waals surface area (Å²) in [4.78, 5) is 0. The van der Waals surface area contributed by atoms with Crippen LogP contribution in [0.2, 0.25) is 0 Å². The van der Waals surface area contributed by atoms with Crippen molar-refractivity contribution in [2.24, 2.45) is 0 Å². The molecule has 1 nitrogen and oxygen atoms in total. The molecule has 0 fully saturated rings. The fourth-order valence-corrected chi connectivity index (χ4v) is 5.53. The van der Waals surface area contributed by atoms with Crippen LogP contribution in [0.5, 0.6) is 0 Å². The molecule has 0 aliphatic rings. The Kier molecular flexibility index (Phi) is 20.8. The van der Waals surface area contributed by atoms with Crippen molar-refractivity contribution in [3.05, 3.63) is 35.9 Å². The predicted molar refractivity (Wildman–Crippen MR) is 154 cm³/mol. The molecule has 1 heteroatoms. The van der Waals surface area contributed by atoms with Gasteiger partial charge in [-0.15, -0.1) is 0 Å². The molecule has 0 unspecified atom stereocenters. The maximum absolute atomic E-state index is 2.35. The standard InChI is InChI=1S/C33H62N/c1-4-7-10-11-12-13-14-15-16-17-18-19-20-21-22-26-31-34(29-8-5-2,30-9-6-3)32-33-27-24-23-25-28-33/h23-25,27-28H,4-22,26,29-32H2,1-3H3/q+1. The van der Waals surface area contributed by atoms with E-state index >= 15 is 0 Å². The zero-order chi connectivity index (χ0) is 24.6. The molecule has 0 saturated carbocycles. The molecular formula is C33H62N+. The Morgan fingerprint density at radius 2 is 0.765 bits per heavy atom. The number of nitrogens with zero attached hydrogens (tertiary/aromatic N) is 1. The molecule has 1 aromatic rings. The molecule has 0 spiro atoms. The van der Waals surface area contributed by atoms with Crippen LogP contribution in [0.4, 0.5) is 0 Å². The molecule has 198 valence electrons. The second kappa shape index (κ2) is 22.6. The van der Waals surface area contributed by atoms with Gasteiger partial charge < -0.3 is 4.48 Å². The zero-order valence-electron chi connectivity index (χ0n) is 23.8. The Balaban J connectivity index is 2.16. The summed E-state index contributed by atoms with van der Waals surface area (Å²) in [5.41, 5.74) is 1.53. The maximum atomic E-state index is 2.35. The van der Waals surface area contributed by atoms with Crippen molar-refractivity contribution >= 4 is 0 Å². The average molecular weight is 473 g/mol. The molecule has 0 aromatic heterocycles. The van der Waals surface area contributed by atoms with Gasteiger partial charge in [-0.2, -0.15) is 0 Å². The molecule has 0 radical (unpaired) electrons. The van der Waals surface area contributed by atoms with Crippen LogP contribution in [0.1, 0.15) is 155 Å². The summed E-state index contributed by atoms with van der Waals surface area (Å²) in [7, 11) is 0. The highest BCUT2D eigenvalue weighted by Crippen LogP contribution is 2.21. The summed E-state index contributed by atoms with van der Waals surface area (Å²) in [6.45, 7) is 12.4. The molecule has 0 aliphatic heterocycles. The molecule has 0 bridgehead atoms. The molecule has 0 amide bonds. The molecule has 0 N–H and O–H groups in total. The first kappa shape index (κ1) is 31.2. The third-order valence-electron chi connectivity index (χ3n) is 7.82. The van der Waals surface area contributed by atoms with Crippen molar-refractivity contribution in [3.63, 3.8) is 0 Å². The van der Waals surface area contributed by atoms with Crippen molar-refractivity contribution in [2.45, 2.75) is 156 Å². The fourth-order valence-electron chi connectivity index (χ4n) is 5.53. The quantitative estimate of drug-likeness (QED) is 0.0980. The number of rotatable bonds is 25. The van der Waals surface area contributed by atoms with E-state index in [4.69, 9.17) is 0 Å². The number of quaternary nitrogens is 1. The molecule has 0 saturated heterocycles. The third-order valence-corrected chi connectivity index (χ3v) is 7.82. The molecule has 0 atom stereocenters. The van der Waals surface area contributed by atoms with Crippen LogP contribution in [0.3, 0.4) is 0 Å². The highest BCUT2D eigenvalue weighted by Gasteiger charge is 2.26. The van der Waals surface area contributed by atoms with E-state index in [9.17, 15) is 0 Å². The van der Waals surface area contributed by atoms with E-state index < -0.39 is 0 Å². The van der Waals surface area contributed by atoms with E-state index in [0.29, 0.717) is 0 Å². The normalized spacial score (nSPS) is 11.9. The highest BCUT2D eigenvalue weighted by atomic mass is 15.3. The summed E-state index contributed by atoms with van der Waals surface area (Å²) in [6.07, 6.45) is 28.7. The summed E-state index contributed by atoms with van der Waals surface area (Å²) in [6, 6.07) is 11.3. The van der Waals surface area contributed by atoms with Gasteiger partial charge in [0.1, 0.15) is 6.54 Å². The summed E-state index contributed by atoms with van der Waals surface area (Å²) in [5, 5.41) is 0. The van der Waals surface area contributed by atoms with Gasteiger partial charge in [-0.3, -0.25) is 0 Å². The van der Waals surface area contributed by atoms with Gasteiger partial charge in [-0.25, -0.2) is 0 Å². The number of hydrogen-bond donors (Lipinski definition) is 0. The van der Waals surface area contributed by atoms with E-state index in [1.54, 1.807) is 0 Å². The van der Waals surface area contributed by atoms with Gasteiger partial charge in [-0.1, -0.05) is 154 Å². The van der Waals surface area contributed by atoms with E-state index in [0.717, 1.165) is 0 Å². The Morgan fingerprint density at radius 3 is 1.18 bits per heavy atom. The van der Waals surface area contributed by atoms with E-state index in [2.05, 4.69) is 51.1 Å². The molecule has 0 aliphatic carbocycles. The van der Waals surface area contributed by atoms with Gasteiger partial charge in [0.15, 0.2) is 0 Å². The third kappa shape index (κ3) is 16.7. The molecular weight excluding hydrogens is 410 g/mol. The Hall–Kier alpha value is -0.820. The average Bonchev–Trinajstić information content (AvgIpc) is 2.86. The van der Waals surface area contributed by atoms with Crippen LogP contribution in [0.15, 0.2) is 30.3 Å². The number of hydrogen-bond acceptors (Lipinski definition) is 0. The lowest BCUT2D eigenvalue weighted by molar-refractivity contribution is -0.941. The van der Waals surface area contributed by atoms with Crippen LogP contribution >= 0.6 is 0 Å². The lowest BCUT2D eigenvalue weighted by Gasteiger charge is -2.39. The fraction of sp³-hybridized carbons (Fsp3) is 0.818. The van der Waals surface area contributed by atoms with E-state index in [1.165, 1.54) is 165 Å². The highest BCUT2D eigenvalue weighted by molar-refractivity contribution is 5.13. The number of benzene rings is 1. The van der Waals surface area contributed by atoms with E-state index in [-0.39, 0.29) is 0 Å². The van der Waals surface area contributed by atoms with Gasteiger partial charge in [0, 0.05) is 5.56 Å². The SMILES string of the molecule is CCCCCCCCCCCCCCCCCC[N+](CCCC)(CCCC)Cc1ccccc1. The minimum absolute atomic E-state index is 1.24. The van der Waals surface area contributed by atoms with Gasteiger partial charge in [0.25, 0.3) is 0 Å². The lowest BCUT2D eigenvalue weighted by atomic mass is 10.0. The summed E-state index contributed by atoms with van der Waals surface area (Å²) < 4.78 is 1.32. The minimum atomic E-state index is 1.24. The topological polar surface area (TPSA) is 0 Å². The lowest BCUT2D eigenvalue weighted by Crippen LogP contribution is -2.49. The van der Waals surface area contributed by atoms with Crippen molar-refractivity contribution < 1.29 is 4.48 Å². The minimum Gasteiger partial charge on any atom is -0.320 e. The Morgan fingerprint density at radius 1 is 0.412 bits per heavy atom. The first-order valence-electron chi connectivity index (χ1n) is 15.7. The Labute approximate surface area is 215 Å². The van der Waals surface area contributed by atoms with Crippen LogP contribution < -0.4 is 0 Å². The van der Waals surface area contributed by atoms with Crippen LogP contribution in [-0.4, -0.2) is 24.1 Å². The summed E-state index contributed by atoms with van der Waals surface area (Å²) in [5.74, 6) is 0. The smallest absolute Gasteiger partial charge is 0.104 e. The second-order valence-electron chi connectivity index (χ2n) is 11.2. The monoisotopic (exact) mass is 472 g/mol. The zero-order valence-corrected chi connectivity index (χ0v) is 23.8. The summed E-state index contributed by atoms with van der Waals surface area (Å²) >= 11 is 0. The van der Waals surface area contributed by atoms with Crippen molar-refractivity contribution in [1.29, 1.82) is 0 Å². The van der Waals surface area contributed by atoms with Crippen molar-refractivity contribution in [2.75, 3.05) is 19.6 Å². The van der Waals surface area contributed by atoms with Gasteiger partial charge in [0.2, 0.25) is 0 Å². The maximum Gasteiger partial charge on any atom is 0.104 e. The largest absolute Gasteiger partial charge is 0.320 e. The first-order chi connectivity index (χ1) is 16.8. The Bertz CT molecular complexity index is 515.